The fourth-order valence-electron chi connectivity index (χ4n) is 1.80. The van der Waals surface area contributed by atoms with E-state index in [0.29, 0.717) is 6.54 Å². The number of para-hydroxylation sites is 1. The topological polar surface area (TPSA) is 58.2 Å². The minimum Gasteiger partial charge on any atom is -0.352 e. The fourth-order valence-corrected chi connectivity index (χ4v) is 1.80. The summed E-state index contributed by atoms with van der Waals surface area (Å²) in [6, 6.07) is 19.4. The van der Waals surface area contributed by atoms with Crippen molar-refractivity contribution >= 4 is 17.5 Å². The van der Waals surface area contributed by atoms with Crippen molar-refractivity contribution in [2.24, 2.45) is 11.8 Å². The molecule has 0 spiro atoms. The highest BCUT2D eigenvalue weighted by Gasteiger charge is 2.06. The Balaban J connectivity index is 0. The molecule has 2 N–H and O–H groups in total. The molecule has 0 fully saturated rings. The van der Waals surface area contributed by atoms with Gasteiger partial charge in [-0.25, -0.2) is 0 Å². The number of carbonyl (C=O) groups is 2. The Morgan fingerprint density at radius 1 is 0.800 bits per heavy atom. The molecule has 4 nitrogen and oxygen atoms in total. The average Bonchev–Trinajstić information content (AvgIpc) is 2.61. The summed E-state index contributed by atoms with van der Waals surface area (Å²) >= 11 is 0. The summed E-state index contributed by atoms with van der Waals surface area (Å²) in [7, 11) is 0. The van der Waals surface area contributed by atoms with E-state index in [2.05, 4.69) is 10.6 Å². The second-order valence-electron chi connectivity index (χ2n) is 6.37. The van der Waals surface area contributed by atoms with Crippen LogP contribution in [0, 0.1) is 11.8 Å². The number of anilines is 1. The molecule has 0 aromatic heterocycles. The lowest BCUT2D eigenvalue weighted by atomic mass is 10.2. The van der Waals surface area contributed by atoms with E-state index in [1.54, 1.807) is 0 Å². The molecular weight excluding hydrogens is 312 g/mol. The molecule has 2 rings (SSSR count). The van der Waals surface area contributed by atoms with Gasteiger partial charge in [0.1, 0.15) is 0 Å². The maximum atomic E-state index is 11.2. The zero-order chi connectivity index (χ0) is 18.7. The third kappa shape index (κ3) is 8.70. The predicted octanol–water partition coefficient (Wildman–Crippen LogP) is 4.73. The Labute approximate surface area is 153 Å². The van der Waals surface area contributed by atoms with Gasteiger partial charge in [0.2, 0.25) is 11.8 Å². The van der Waals surface area contributed by atoms with Crippen molar-refractivity contribution in [1.82, 2.24) is 5.32 Å². The third-order valence-electron chi connectivity index (χ3n) is 3.40. The molecule has 2 aromatic carbocycles. The largest absolute Gasteiger partial charge is 0.352 e. The summed E-state index contributed by atoms with van der Waals surface area (Å²) in [4.78, 5) is 22.4. The Bertz CT molecular complexity index is 648. The monoisotopic (exact) mass is 344 g/mol. The van der Waals surface area contributed by atoms with Crippen LogP contribution in [0.3, 0.4) is 0 Å². The summed E-state index contributed by atoms with van der Waals surface area (Å²) in [6.45, 7) is 8.15. The van der Waals surface area contributed by atoms with Gasteiger partial charge in [-0.05, 0) is 17.7 Å². The molecule has 0 saturated carbocycles. The zero-order valence-electron chi connectivity index (χ0n) is 15.5. The van der Waals surface area contributed by atoms with Gasteiger partial charge in [0, 0.05) is 26.9 Å². The van der Waals surface area contributed by atoms with Gasteiger partial charge in [0.05, 0.1) is 0 Å². The Morgan fingerprint density at radius 3 is 1.76 bits per heavy atom. The first-order chi connectivity index (χ1) is 11.9. The molecule has 25 heavy (non-hydrogen) atoms. The molecule has 138 valence electrons. The van der Waals surface area contributed by atoms with Crippen LogP contribution in [0.15, 0.2) is 60.7 Å². The minimum absolute atomic E-state index is 0. The number of hydrogen-bond acceptors (Lipinski definition) is 2. The van der Waals surface area contributed by atoms with Crippen LogP contribution in [-0.2, 0) is 16.1 Å². The van der Waals surface area contributed by atoms with Crippen molar-refractivity contribution in [3.05, 3.63) is 66.2 Å². The highest BCUT2D eigenvalue weighted by Crippen LogP contribution is 2.06. The lowest BCUT2D eigenvalue weighted by molar-refractivity contribution is -0.124. The predicted molar refractivity (Wildman–Crippen MR) is 107 cm³/mol. The fraction of sp³-hybridized carbons (Fsp3) is 0.333. The third-order valence-corrected chi connectivity index (χ3v) is 3.40. The van der Waals surface area contributed by atoms with Gasteiger partial charge < -0.3 is 10.6 Å². The van der Waals surface area contributed by atoms with E-state index in [1.165, 1.54) is 0 Å². The van der Waals surface area contributed by atoms with E-state index in [-0.39, 0.29) is 26.5 Å². The number of carbonyl (C=O) groups excluding carboxylic acids is 2. The van der Waals surface area contributed by atoms with Gasteiger partial charge in [-0.2, -0.15) is 0 Å². The van der Waals surface area contributed by atoms with Crippen LogP contribution in [-0.4, -0.2) is 11.8 Å². The first-order valence-corrected chi connectivity index (χ1v) is 8.57. The van der Waals surface area contributed by atoms with E-state index in [9.17, 15) is 9.59 Å². The molecular formula is C21H32N2O2. The van der Waals surface area contributed by atoms with E-state index in [1.807, 2.05) is 88.4 Å². The van der Waals surface area contributed by atoms with Crippen molar-refractivity contribution in [3.63, 3.8) is 0 Å². The van der Waals surface area contributed by atoms with Gasteiger partial charge in [0.15, 0.2) is 0 Å². The molecule has 4 heteroatoms. The second-order valence-corrected chi connectivity index (χ2v) is 6.37. The summed E-state index contributed by atoms with van der Waals surface area (Å²) in [6.07, 6.45) is 0. The van der Waals surface area contributed by atoms with Gasteiger partial charge in [0.25, 0.3) is 0 Å². The van der Waals surface area contributed by atoms with Crippen LogP contribution < -0.4 is 10.6 Å². The number of nitrogens with one attached hydrogen (secondary N) is 2. The van der Waals surface area contributed by atoms with Gasteiger partial charge in [-0.1, -0.05) is 76.2 Å². The van der Waals surface area contributed by atoms with E-state index in [4.69, 9.17) is 0 Å². The number of hydrogen-bond donors (Lipinski definition) is 2. The zero-order valence-corrected chi connectivity index (χ0v) is 15.5. The van der Waals surface area contributed by atoms with Gasteiger partial charge in [-0.3, -0.25) is 9.59 Å². The van der Waals surface area contributed by atoms with Crippen LogP contribution in [0.4, 0.5) is 5.69 Å². The number of amides is 2. The van der Waals surface area contributed by atoms with Crippen molar-refractivity contribution in [2.45, 2.75) is 34.2 Å². The molecule has 0 bridgehead atoms. The van der Waals surface area contributed by atoms with Crippen LogP contribution in [0.5, 0.6) is 0 Å². The van der Waals surface area contributed by atoms with Crippen LogP contribution in [0.25, 0.3) is 0 Å². The summed E-state index contributed by atoms with van der Waals surface area (Å²) in [5.41, 5.74) is 1.99. The van der Waals surface area contributed by atoms with Crippen LogP contribution >= 0.6 is 0 Å². The highest BCUT2D eigenvalue weighted by molar-refractivity contribution is 5.91. The molecule has 0 aliphatic carbocycles. The molecule has 0 unspecified atom stereocenters. The normalized spacial score (nSPS) is 10.0. The molecule has 0 heterocycles. The molecule has 0 aliphatic rings. The minimum atomic E-state index is 0. The first kappa shape index (κ1) is 20.4. The molecule has 2 amide bonds. The summed E-state index contributed by atoms with van der Waals surface area (Å²) in [5, 5.41) is 5.66. The van der Waals surface area contributed by atoms with Crippen LogP contribution in [0.1, 0.15) is 36.1 Å². The van der Waals surface area contributed by atoms with Gasteiger partial charge in [-0.15, -0.1) is 0 Å². The molecule has 2 aromatic rings. The van der Waals surface area contributed by atoms with Crippen molar-refractivity contribution in [2.75, 3.05) is 5.32 Å². The Morgan fingerprint density at radius 2 is 1.28 bits per heavy atom. The summed E-state index contributed by atoms with van der Waals surface area (Å²) < 4.78 is 0. The molecule has 0 aliphatic heterocycles. The first-order valence-electron chi connectivity index (χ1n) is 8.57. The van der Waals surface area contributed by atoms with Crippen molar-refractivity contribution < 1.29 is 12.4 Å². The number of benzene rings is 2. The van der Waals surface area contributed by atoms with E-state index >= 15 is 0 Å². The molecule has 0 saturated heterocycles. The lowest BCUT2D eigenvalue weighted by Gasteiger charge is -2.06. The van der Waals surface area contributed by atoms with Crippen LogP contribution in [0.2, 0.25) is 0 Å². The molecule has 0 atom stereocenters. The Kier molecular flexibility index (Phi) is 9.01. The van der Waals surface area contributed by atoms with Crippen molar-refractivity contribution in [3.8, 4) is 0 Å². The van der Waals surface area contributed by atoms with E-state index < -0.39 is 0 Å². The quantitative estimate of drug-likeness (QED) is 0.823. The standard InChI is InChI=1S/C11H15NO.C10H13NO.2H2/c1-9(2)11(13)12-8-10-6-4-3-5-7-10;1-8(2)10(12)11-9-6-4-3-5-7-9;;/h3-7,9H,8H2,1-2H3,(H,12,13);3-8H,1-2H3,(H,11,12);2*1H. The maximum absolute atomic E-state index is 11.2. The van der Waals surface area contributed by atoms with Gasteiger partial charge >= 0.3 is 0 Å². The molecule has 0 radical (unpaired) electrons. The SMILES string of the molecule is CC(C)C(=O)NCc1ccccc1.CC(C)C(=O)Nc1ccccc1.[HH].[HH]. The smallest absolute Gasteiger partial charge is 0.226 e. The Hall–Kier alpha value is -2.62. The number of rotatable bonds is 5. The van der Waals surface area contributed by atoms with Crippen molar-refractivity contribution in [1.29, 1.82) is 0 Å². The highest BCUT2D eigenvalue weighted by atomic mass is 16.2. The second kappa shape index (κ2) is 11.0. The maximum Gasteiger partial charge on any atom is 0.226 e. The average molecular weight is 344 g/mol. The summed E-state index contributed by atoms with van der Waals surface area (Å²) in [5.74, 6) is 0.249. The lowest BCUT2D eigenvalue weighted by Crippen LogP contribution is -2.26. The van der Waals surface area contributed by atoms with E-state index in [0.717, 1.165) is 11.3 Å².